The second-order valence-corrected chi connectivity index (χ2v) is 4.92. The fourth-order valence-electron chi connectivity index (χ4n) is 1.96. The van der Waals surface area contributed by atoms with Crippen molar-refractivity contribution in [2.24, 2.45) is 0 Å². The Kier molecular flexibility index (Phi) is 4.51. The average Bonchev–Trinajstić information content (AvgIpc) is 2.34. The Labute approximate surface area is 112 Å². The number of benzene rings is 1. The lowest BCUT2D eigenvalue weighted by molar-refractivity contribution is 0.233. The summed E-state index contributed by atoms with van der Waals surface area (Å²) in [4.78, 5) is 2.36. The third kappa shape index (κ3) is 3.26. The SMILES string of the molecule is COc1cc(Cl)c(CN2CCNCC2)cc1Cl. The van der Waals surface area contributed by atoms with E-state index >= 15 is 0 Å². The van der Waals surface area contributed by atoms with E-state index in [-0.39, 0.29) is 0 Å². The van der Waals surface area contributed by atoms with Crippen LogP contribution in [0.4, 0.5) is 0 Å². The van der Waals surface area contributed by atoms with Gasteiger partial charge in [0.05, 0.1) is 12.1 Å². The van der Waals surface area contributed by atoms with Gasteiger partial charge in [0, 0.05) is 43.8 Å². The first kappa shape index (κ1) is 13.0. The number of rotatable bonds is 3. The van der Waals surface area contributed by atoms with Crippen molar-refractivity contribution >= 4 is 23.2 Å². The largest absolute Gasteiger partial charge is 0.495 e. The molecule has 1 aliphatic heterocycles. The van der Waals surface area contributed by atoms with Crippen LogP contribution in [0.2, 0.25) is 10.0 Å². The molecule has 2 rings (SSSR count). The van der Waals surface area contributed by atoms with E-state index in [1.807, 2.05) is 6.07 Å². The van der Waals surface area contributed by atoms with Crippen LogP contribution in [-0.4, -0.2) is 38.2 Å². The third-order valence-electron chi connectivity index (χ3n) is 2.92. The highest BCUT2D eigenvalue weighted by atomic mass is 35.5. The first-order valence-corrected chi connectivity index (χ1v) is 6.41. The molecule has 3 nitrogen and oxygen atoms in total. The number of hydrogen-bond donors (Lipinski definition) is 1. The molecule has 0 aliphatic carbocycles. The summed E-state index contributed by atoms with van der Waals surface area (Å²) in [5.74, 6) is 0.626. The van der Waals surface area contributed by atoms with Gasteiger partial charge in [0.25, 0.3) is 0 Å². The molecule has 0 aromatic heterocycles. The predicted molar refractivity (Wildman–Crippen MR) is 71.2 cm³/mol. The topological polar surface area (TPSA) is 24.5 Å². The second-order valence-electron chi connectivity index (χ2n) is 4.10. The zero-order valence-electron chi connectivity index (χ0n) is 9.80. The van der Waals surface area contributed by atoms with Crippen LogP contribution in [0.5, 0.6) is 5.75 Å². The highest BCUT2D eigenvalue weighted by molar-refractivity contribution is 6.34. The molecule has 1 N–H and O–H groups in total. The van der Waals surface area contributed by atoms with Crippen molar-refractivity contribution in [1.29, 1.82) is 0 Å². The number of nitrogens with one attached hydrogen (secondary N) is 1. The third-order valence-corrected chi connectivity index (χ3v) is 3.57. The average molecular weight is 275 g/mol. The van der Waals surface area contributed by atoms with Crippen LogP contribution in [0, 0.1) is 0 Å². The van der Waals surface area contributed by atoms with Gasteiger partial charge in [-0.1, -0.05) is 23.2 Å². The summed E-state index contributed by atoms with van der Waals surface area (Å²) in [5, 5.41) is 4.65. The van der Waals surface area contributed by atoms with Gasteiger partial charge in [-0.05, 0) is 11.6 Å². The zero-order valence-corrected chi connectivity index (χ0v) is 11.3. The van der Waals surface area contributed by atoms with Crippen LogP contribution in [0.25, 0.3) is 0 Å². The van der Waals surface area contributed by atoms with E-state index in [0.29, 0.717) is 15.8 Å². The molecule has 1 fully saturated rings. The van der Waals surface area contributed by atoms with Gasteiger partial charge in [0.15, 0.2) is 0 Å². The monoisotopic (exact) mass is 274 g/mol. The summed E-state index contributed by atoms with van der Waals surface area (Å²) >= 11 is 12.3. The lowest BCUT2D eigenvalue weighted by Gasteiger charge is -2.27. The first-order valence-electron chi connectivity index (χ1n) is 5.65. The molecule has 0 unspecified atom stereocenters. The molecule has 0 amide bonds. The van der Waals surface area contributed by atoms with Crippen LogP contribution < -0.4 is 10.1 Å². The van der Waals surface area contributed by atoms with E-state index in [0.717, 1.165) is 38.3 Å². The van der Waals surface area contributed by atoms with Crippen molar-refractivity contribution in [2.75, 3.05) is 33.3 Å². The maximum atomic E-state index is 6.22. The number of nitrogens with zero attached hydrogens (tertiary/aromatic N) is 1. The van der Waals surface area contributed by atoms with E-state index in [4.69, 9.17) is 27.9 Å². The molecule has 1 aliphatic rings. The minimum absolute atomic E-state index is 0.613. The summed E-state index contributed by atoms with van der Waals surface area (Å²) < 4.78 is 5.13. The number of ether oxygens (including phenoxy) is 1. The quantitative estimate of drug-likeness (QED) is 0.916. The summed E-state index contributed by atoms with van der Waals surface area (Å²) in [6, 6.07) is 3.67. The van der Waals surface area contributed by atoms with E-state index in [2.05, 4.69) is 10.2 Å². The van der Waals surface area contributed by atoms with Gasteiger partial charge in [-0.2, -0.15) is 0 Å². The minimum Gasteiger partial charge on any atom is -0.495 e. The van der Waals surface area contributed by atoms with E-state index < -0.39 is 0 Å². The molecule has 1 aromatic rings. The Balaban J connectivity index is 2.12. The lowest BCUT2D eigenvalue weighted by Crippen LogP contribution is -2.42. The van der Waals surface area contributed by atoms with Crippen LogP contribution >= 0.6 is 23.2 Å². The van der Waals surface area contributed by atoms with Crippen molar-refractivity contribution in [3.05, 3.63) is 27.7 Å². The summed E-state index contributed by atoms with van der Waals surface area (Å²) in [6.45, 7) is 4.98. The van der Waals surface area contributed by atoms with Crippen LogP contribution in [-0.2, 0) is 6.54 Å². The molecular formula is C12H16Cl2N2O. The molecule has 94 valence electrons. The van der Waals surface area contributed by atoms with E-state index in [1.54, 1.807) is 13.2 Å². The van der Waals surface area contributed by atoms with E-state index in [9.17, 15) is 0 Å². The molecule has 1 heterocycles. The Bertz CT molecular complexity index is 392. The Morgan fingerprint density at radius 2 is 1.94 bits per heavy atom. The lowest BCUT2D eigenvalue weighted by atomic mass is 10.2. The fourth-order valence-corrected chi connectivity index (χ4v) is 2.43. The Morgan fingerprint density at radius 3 is 2.59 bits per heavy atom. The molecular weight excluding hydrogens is 259 g/mol. The van der Waals surface area contributed by atoms with Gasteiger partial charge in [0.1, 0.15) is 5.75 Å². The van der Waals surface area contributed by atoms with Gasteiger partial charge in [0.2, 0.25) is 0 Å². The minimum atomic E-state index is 0.613. The summed E-state index contributed by atoms with van der Waals surface area (Å²) in [7, 11) is 1.59. The molecule has 5 heteroatoms. The van der Waals surface area contributed by atoms with Gasteiger partial charge in [-0.3, -0.25) is 4.90 Å². The predicted octanol–water partition coefficient (Wildman–Crippen LogP) is 2.41. The number of hydrogen-bond acceptors (Lipinski definition) is 3. The molecule has 0 spiro atoms. The molecule has 0 radical (unpaired) electrons. The first-order chi connectivity index (χ1) is 8.20. The fraction of sp³-hybridized carbons (Fsp3) is 0.500. The van der Waals surface area contributed by atoms with Crippen molar-refractivity contribution in [3.8, 4) is 5.75 Å². The Morgan fingerprint density at radius 1 is 1.24 bits per heavy atom. The van der Waals surface area contributed by atoms with Crippen molar-refractivity contribution in [3.63, 3.8) is 0 Å². The van der Waals surface area contributed by atoms with Crippen molar-refractivity contribution in [2.45, 2.75) is 6.54 Å². The van der Waals surface area contributed by atoms with Crippen LogP contribution in [0.15, 0.2) is 12.1 Å². The highest BCUT2D eigenvalue weighted by Gasteiger charge is 2.13. The van der Waals surface area contributed by atoms with E-state index in [1.165, 1.54) is 0 Å². The Hall–Kier alpha value is -0.480. The molecule has 0 atom stereocenters. The van der Waals surface area contributed by atoms with Crippen molar-refractivity contribution in [1.82, 2.24) is 10.2 Å². The summed E-state index contributed by atoms with van der Waals surface area (Å²) in [6.07, 6.45) is 0. The smallest absolute Gasteiger partial charge is 0.138 e. The molecule has 1 aromatic carbocycles. The molecule has 1 saturated heterocycles. The second kappa shape index (κ2) is 5.91. The van der Waals surface area contributed by atoms with Crippen LogP contribution in [0.1, 0.15) is 5.56 Å². The van der Waals surface area contributed by atoms with Gasteiger partial charge in [-0.15, -0.1) is 0 Å². The van der Waals surface area contributed by atoms with Gasteiger partial charge >= 0.3 is 0 Å². The highest BCUT2D eigenvalue weighted by Crippen LogP contribution is 2.31. The van der Waals surface area contributed by atoms with Gasteiger partial charge < -0.3 is 10.1 Å². The number of halogens is 2. The molecule has 17 heavy (non-hydrogen) atoms. The number of piperazine rings is 1. The van der Waals surface area contributed by atoms with Gasteiger partial charge in [-0.25, -0.2) is 0 Å². The maximum Gasteiger partial charge on any atom is 0.138 e. The molecule has 0 bridgehead atoms. The summed E-state index contributed by atoms with van der Waals surface area (Å²) in [5.41, 5.74) is 1.05. The van der Waals surface area contributed by atoms with Crippen LogP contribution in [0.3, 0.4) is 0 Å². The normalized spacial score (nSPS) is 17.1. The number of methoxy groups -OCH3 is 1. The molecule has 0 saturated carbocycles. The zero-order chi connectivity index (χ0) is 12.3. The van der Waals surface area contributed by atoms with Crippen molar-refractivity contribution < 1.29 is 4.74 Å². The standard InChI is InChI=1S/C12H16Cl2N2O/c1-17-12-7-10(13)9(6-11(12)14)8-16-4-2-15-3-5-16/h6-7,15H,2-5,8H2,1H3. The maximum absolute atomic E-state index is 6.22.